The molecule has 0 spiro atoms. The molecule has 0 saturated heterocycles. The topological polar surface area (TPSA) is 112 Å². The zero-order valence-electron chi connectivity index (χ0n) is 17.1. The summed E-state index contributed by atoms with van der Waals surface area (Å²) in [7, 11) is -1.92. The van der Waals surface area contributed by atoms with Gasteiger partial charge in [-0.15, -0.1) is 0 Å². The molecular formula is C20H25N5O3S. The Balaban J connectivity index is 2.04. The SMILES string of the molecule is CC(=Nc1c(C)ccc2c1ncn2C)Nc1cc(S(N)(=O)=O)ccc1OC(C)C. The third-order valence-electron chi connectivity index (χ3n) is 4.31. The molecule has 0 amide bonds. The number of nitrogens with two attached hydrogens (primary N) is 1. The number of sulfonamides is 1. The number of anilines is 1. The lowest BCUT2D eigenvalue weighted by Gasteiger charge is -2.16. The normalized spacial score (nSPS) is 12.6. The maximum atomic E-state index is 11.8. The van der Waals surface area contributed by atoms with Crippen molar-refractivity contribution in [1.29, 1.82) is 0 Å². The van der Waals surface area contributed by atoms with Gasteiger partial charge in [-0.2, -0.15) is 0 Å². The van der Waals surface area contributed by atoms with E-state index in [1.807, 2.05) is 44.5 Å². The van der Waals surface area contributed by atoms with Crippen LogP contribution in [0, 0.1) is 6.92 Å². The number of nitrogens with zero attached hydrogens (tertiary/aromatic N) is 3. The zero-order valence-corrected chi connectivity index (χ0v) is 17.9. The molecule has 0 saturated carbocycles. The molecule has 3 aromatic rings. The highest BCUT2D eigenvalue weighted by Gasteiger charge is 2.15. The van der Waals surface area contributed by atoms with Gasteiger partial charge in [0.25, 0.3) is 0 Å². The number of aliphatic imine (C=N–C) groups is 1. The standard InChI is InChI=1S/C20H25N5O3S/c1-12(2)28-18-9-7-15(29(21,26)27)10-16(18)23-14(4)24-19-13(3)6-8-17-20(19)22-11-25(17)5/h6-12H,1-5H3,(H,23,24)(H2,21,26,27). The fourth-order valence-corrected chi connectivity index (χ4v) is 3.50. The number of rotatable bonds is 5. The molecule has 0 aliphatic rings. The van der Waals surface area contributed by atoms with Gasteiger partial charge in [0.15, 0.2) is 0 Å². The average Bonchev–Trinajstić information content (AvgIpc) is 2.99. The summed E-state index contributed by atoms with van der Waals surface area (Å²) < 4.78 is 31.2. The first-order valence-electron chi connectivity index (χ1n) is 9.12. The maximum absolute atomic E-state index is 11.8. The summed E-state index contributed by atoms with van der Waals surface area (Å²) in [5.74, 6) is 1.07. The van der Waals surface area contributed by atoms with Crippen LogP contribution in [0.1, 0.15) is 26.3 Å². The minimum Gasteiger partial charge on any atom is -0.489 e. The van der Waals surface area contributed by atoms with Crippen molar-refractivity contribution >= 4 is 38.3 Å². The molecule has 8 nitrogen and oxygen atoms in total. The number of hydrogen-bond acceptors (Lipinski definition) is 5. The fraction of sp³-hybridized carbons (Fsp3) is 0.300. The Morgan fingerprint density at radius 1 is 1.28 bits per heavy atom. The Morgan fingerprint density at radius 2 is 2.00 bits per heavy atom. The van der Waals surface area contributed by atoms with E-state index in [1.54, 1.807) is 19.3 Å². The van der Waals surface area contributed by atoms with E-state index < -0.39 is 10.0 Å². The first kappa shape index (κ1) is 20.8. The molecule has 0 fully saturated rings. The number of imidazole rings is 1. The molecule has 0 aliphatic heterocycles. The Morgan fingerprint density at radius 3 is 2.66 bits per heavy atom. The van der Waals surface area contributed by atoms with E-state index in [0.29, 0.717) is 17.3 Å². The van der Waals surface area contributed by atoms with Crippen molar-refractivity contribution in [3.63, 3.8) is 0 Å². The number of hydrogen-bond donors (Lipinski definition) is 2. The Hall–Kier alpha value is -2.91. The second-order valence-corrected chi connectivity index (χ2v) is 8.71. The van der Waals surface area contributed by atoms with E-state index in [0.717, 1.165) is 22.3 Å². The lowest BCUT2D eigenvalue weighted by atomic mass is 10.1. The smallest absolute Gasteiger partial charge is 0.238 e. The van der Waals surface area contributed by atoms with Crippen molar-refractivity contribution in [1.82, 2.24) is 9.55 Å². The van der Waals surface area contributed by atoms with Crippen LogP contribution >= 0.6 is 0 Å². The number of aryl methyl sites for hydroxylation is 2. The van der Waals surface area contributed by atoms with Crippen molar-refractivity contribution in [2.24, 2.45) is 17.2 Å². The fourth-order valence-electron chi connectivity index (χ4n) is 2.96. The van der Waals surface area contributed by atoms with Gasteiger partial charge in [0.05, 0.1) is 34.2 Å². The van der Waals surface area contributed by atoms with Crippen LogP contribution in [0.5, 0.6) is 5.75 Å². The Bertz CT molecular complexity index is 1200. The van der Waals surface area contributed by atoms with Crippen LogP contribution in [-0.2, 0) is 17.1 Å². The first-order chi connectivity index (χ1) is 13.6. The molecule has 0 radical (unpaired) electrons. The lowest BCUT2D eigenvalue weighted by molar-refractivity contribution is 0.243. The molecule has 0 unspecified atom stereocenters. The molecule has 0 bridgehead atoms. The zero-order chi connectivity index (χ0) is 21.3. The number of aromatic nitrogens is 2. The summed E-state index contributed by atoms with van der Waals surface area (Å²) in [5, 5.41) is 8.42. The molecule has 154 valence electrons. The summed E-state index contributed by atoms with van der Waals surface area (Å²) in [6.07, 6.45) is 1.66. The highest BCUT2D eigenvalue weighted by molar-refractivity contribution is 7.89. The molecule has 2 aromatic carbocycles. The van der Waals surface area contributed by atoms with Crippen molar-refractivity contribution in [3.8, 4) is 5.75 Å². The van der Waals surface area contributed by atoms with E-state index in [9.17, 15) is 8.42 Å². The molecule has 3 rings (SSSR count). The third-order valence-corrected chi connectivity index (χ3v) is 5.22. The van der Waals surface area contributed by atoms with E-state index >= 15 is 0 Å². The molecule has 0 atom stereocenters. The predicted molar refractivity (Wildman–Crippen MR) is 115 cm³/mol. The predicted octanol–water partition coefficient (Wildman–Crippen LogP) is 3.48. The molecule has 3 N–H and O–H groups in total. The van der Waals surface area contributed by atoms with Crippen molar-refractivity contribution in [2.75, 3.05) is 5.32 Å². The number of benzene rings is 2. The quantitative estimate of drug-likeness (QED) is 0.489. The van der Waals surface area contributed by atoms with Gasteiger partial charge in [-0.25, -0.2) is 23.5 Å². The average molecular weight is 416 g/mol. The van der Waals surface area contributed by atoms with Gasteiger partial charge < -0.3 is 14.6 Å². The number of amidine groups is 1. The number of primary sulfonamides is 1. The minimum absolute atomic E-state index is 0.00749. The minimum atomic E-state index is -3.85. The van der Waals surface area contributed by atoms with Crippen LogP contribution < -0.4 is 15.2 Å². The van der Waals surface area contributed by atoms with Crippen LogP contribution in [-0.4, -0.2) is 29.9 Å². The molecule has 1 aromatic heterocycles. The highest BCUT2D eigenvalue weighted by atomic mass is 32.2. The van der Waals surface area contributed by atoms with Gasteiger partial charge in [-0.05, 0) is 57.5 Å². The summed E-state index contributed by atoms with van der Waals surface area (Å²) in [6.45, 7) is 7.55. The van der Waals surface area contributed by atoms with E-state index in [2.05, 4.69) is 10.3 Å². The molecule has 0 aliphatic carbocycles. The van der Waals surface area contributed by atoms with Crippen LogP contribution in [0.3, 0.4) is 0 Å². The van der Waals surface area contributed by atoms with Crippen molar-refractivity contribution in [3.05, 3.63) is 42.2 Å². The third kappa shape index (κ3) is 4.57. The van der Waals surface area contributed by atoms with Gasteiger partial charge >= 0.3 is 0 Å². The van der Waals surface area contributed by atoms with Crippen LogP contribution in [0.4, 0.5) is 11.4 Å². The van der Waals surface area contributed by atoms with Crippen LogP contribution in [0.15, 0.2) is 46.5 Å². The van der Waals surface area contributed by atoms with Gasteiger partial charge in [-0.1, -0.05) is 6.07 Å². The van der Waals surface area contributed by atoms with Crippen LogP contribution in [0.2, 0.25) is 0 Å². The van der Waals surface area contributed by atoms with Gasteiger partial charge in [-0.3, -0.25) is 0 Å². The summed E-state index contributed by atoms with van der Waals surface area (Å²) in [5.41, 5.74) is 3.97. The van der Waals surface area contributed by atoms with E-state index in [1.165, 1.54) is 12.1 Å². The molecule has 29 heavy (non-hydrogen) atoms. The number of ether oxygens (including phenoxy) is 1. The summed E-state index contributed by atoms with van der Waals surface area (Å²) >= 11 is 0. The van der Waals surface area contributed by atoms with Crippen molar-refractivity contribution in [2.45, 2.75) is 38.7 Å². The number of nitrogens with one attached hydrogen (secondary N) is 1. The van der Waals surface area contributed by atoms with E-state index in [-0.39, 0.29) is 11.0 Å². The van der Waals surface area contributed by atoms with E-state index in [4.69, 9.17) is 14.9 Å². The number of fused-ring (bicyclic) bond motifs is 1. The van der Waals surface area contributed by atoms with Gasteiger partial charge in [0, 0.05) is 7.05 Å². The van der Waals surface area contributed by atoms with Gasteiger partial charge in [0.1, 0.15) is 17.1 Å². The highest BCUT2D eigenvalue weighted by Crippen LogP contribution is 2.31. The second-order valence-electron chi connectivity index (χ2n) is 7.15. The summed E-state index contributed by atoms with van der Waals surface area (Å²) in [4.78, 5) is 9.14. The van der Waals surface area contributed by atoms with Crippen molar-refractivity contribution < 1.29 is 13.2 Å². The summed E-state index contributed by atoms with van der Waals surface area (Å²) in [6, 6.07) is 8.44. The van der Waals surface area contributed by atoms with Gasteiger partial charge in [0.2, 0.25) is 10.0 Å². The monoisotopic (exact) mass is 415 g/mol. The molecule has 9 heteroatoms. The largest absolute Gasteiger partial charge is 0.489 e. The molecular weight excluding hydrogens is 390 g/mol. The maximum Gasteiger partial charge on any atom is 0.238 e. The Labute approximate surface area is 170 Å². The second kappa shape index (κ2) is 7.84. The molecule has 1 heterocycles. The first-order valence-corrected chi connectivity index (χ1v) is 10.7. The lowest BCUT2D eigenvalue weighted by Crippen LogP contribution is -2.15. The van der Waals surface area contributed by atoms with Crippen LogP contribution in [0.25, 0.3) is 11.0 Å². The Kier molecular flexibility index (Phi) is 5.63.